The summed E-state index contributed by atoms with van der Waals surface area (Å²) in [6, 6.07) is 2.34. The zero-order chi connectivity index (χ0) is 9.19. The fraction of sp³-hybridized carbons (Fsp3) is 0.900. The fourth-order valence-electron chi connectivity index (χ4n) is 1.90. The van der Waals surface area contributed by atoms with E-state index < -0.39 is 0 Å². The zero-order valence-electron chi connectivity index (χ0n) is 8.13. The summed E-state index contributed by atoms with van der Waals surface area (Å²) < 4.78 is 5.28. The van der Waals surface area contributed by atoms with Gasteiger partial charge < -0.3 is 4.74 Å². The third kappa shape index (κ3) is 1.98. The van der Waals surface area contributed by atoms with Crippen molar-refractivity contribution in [3.05, 3.63) is 0 Å². The minimum absolute atomic E-state index is 0.0961. The van der Waals surface area contributed by atoms with E-state index in [0.717, 1.165) is 13.0 Å². The first-order valence-corrected chi connectivity index (χ1v) is 4.53. The van der Waals surface area contributed by atoms with Crippen LogP contribution >= 0.6 is 0 Å². The molecule has 2 nitrogen and oxygen atoms in total. The van der Waals surface area contributed by atoms with E-state index in [4.69, 9.17) is 10.00 Å². The summed E-state index contributed by atoms with van der Waals surface area (Å²) in [6.07, 6.45) is 1.03. The molecule has 1 aliphatic rings. The predicted octanol–water partition coefficient (Wildman–Crippen LogP) is 2.21. The van der Waals surface area contributed by atoms with Gasteiger partial charge in [0.15, 0.2) is 0 Å². The minimum atomic E-state index is 0.0961. The molecule has 0 N–H and O–H groups in total. The molecule has 0 aliphatic carbocycles. The molecule has 2 heteroatoms. The van der Waals surface area contributed by atoms with E-state index in [0.29, 0.717) is 12.5 Å². The maximum atomic E-state index is 8.89. The molecule has 0 aromatic rings. The summed E-state index contributed by atoms with van der Waals surface area (Å²) in [6.45, 7) is 8.05. The van der Waals surface area contributed by atoms with Gasteiger partial charge in [-0.3, -0.25) is 0 Å². The third-order valence-electron chi connectivity index (χ3n) is 2.63. The normalized spacial score (nSPS) is 31.2. The third-order valence-corrected chi connectivity index (χ3v) is 2.63. The van der Waals surface area contributed by atoms with Crippen LogP contribution in [-0.2, 0) is 4.74 Å². The maximum Gasteiger partial charge on any atom is 0.0731 e. The molecule has 68 valence electrons. The van der Waals surface area contributed by atoms with Crippen LogP contribution in [0.1, 0.15) is 27.2 Å². The molecule has 0 spiro atoms. The average molecular weight is 167 g/mol. The van der Waals surface area contributed by atoms with Gasteiger partial charge in [0, 0.05) is 6.61 Å². The van der Waals surface area contributed by atoms with Crippen molar-refractivity contribution in [2.45, 2.75) is 27.2 Å². The van der Waals surface area contributed by atoms with Gasteiger partial charge in [-0.25, -0.2) is 0 Å². The van der Waals surface area contributed by atoms with E-state index in [1.54, 1.807) is 0 Å². The van der Waals surface area contributed by atoms with Crippen molar-refractivity contribution >= 4 is 0 Å². The van der Waals surface area contributed by atoms with Gasteiger partial charge in [-0.15, -0.1) is 0 Å². The highest BCUT2D eigenvalue weighted by Gasteiger charge is 2.34. The molecule has 1 heterocycles. The van der Waals surface area contributed by atoms with Crippen LogP contribution in [0.25, 0.3) is 0 Å². The van der Waals surface area contributed by atoms with E-state index >= 15 is 0 Å². The smallest absolute Gasteiger partial charge is 0.0731 e. The van der Waals surface area contributed by atoms with Crippen LogP contribution in [0.3, 0.4) is 0 Å². The molecule has 0 saturated carbocycles. The lowest BCUT2D eigenvalue weighted by Crippen LogP contribution is -2.35. The Labute approximate surface area is 74.5 Å². The molecule has 1 aliphatic heterocycles. The Morgan fingerprint density at radius 3 is 2.50 bits per heavy atom. The van der Waals surface area contributed by atoms with Crippen LogP contribution in [0, 0.1) is 28.6 Å². The van der Waals surface area contributed by atoms with Crippen molar-refractivity contribution in [3.8, 4) is 6.07 Å². The number of hydrogen-bond donors (Lipinski definition) is 0. The second-order valence-corrected chi connectivity index (χ2v) is 4.57. The van der Waals surface area contributed by atoms with Crippen LogP contribution in [-0.4, -0.2) is 13.2 Å². The Kier molecular flexibility index (Phi) is 2.74. The number of rotatable bonds is 0. The Morgan fingerprint density at radius 2 is 2.08 bits per heavy atom. The largest absolute Gasteiger partial charge is 0.380 e. The standard InChI is InChI=1S/C10H17NO/c1-10(2,3)9-4-5-12-7-8(9)6-11/h8-9H,4-5,7H2,1-3H3. The highest BCUT2D eigenvalue weighted by molar-refractivity contribution is 4.94. The molecule has 1 fully saturated rings. The Bertz CT molecular complexity index is 187. The summed E-state index contributed by atoms with van der Waals surface area (Å²) in [7, 11) is 0. The first kappa shape index (κ1) is 9.54. The van der Waals surface area contributed by atoms with Gasteiger partial charge in [-0.2, -0.15) is 5.26 Å². The molecule has 2 atom stereocenters. The summed E-state index contributed by atoms with van der Waals surface area (Å²) in [5, 5.41) is 8.89. The molecule has 1 rings (SSSR count). The summed E-state index contributed by atoms with van der Waals surface area (Å²) in [5.41, 5.74) is 0.240. The minimum Gasteiger partial charge on any atom is -0.380 e. The number of nitriles is 1. The molecular formula is C10H17NO. The van der Waals surface area contributed by atoms with E-state index in [1.165, 1.54) is 0 Å². The van der Waals surface area contributed by atoms with Crippen molar-refractivity contribution in [3.63, 3.8) is 0 Å². The van der Waals surface area contributed by atoms with E-state index in [2.05, 4.69) is 26.8 Å². The van der Waals surface area contributed by atoms with Crippen LogP contribution in [0.5, 0.6) is 0 Å². The van der Waals surface area contributed by atoms with Gasteiger partial charge in [-0.05, 0) is 17.8 Å². The van der Waals surface area contributed by atoms with Gasteiger partial charge >= 0.3 is 0 Å². The fourth-order valence-corrected chi connectivity index (χ4v) is 1.90. The SMILES string of the molecule is CC(C)(C)C1CCOCC1C#N. The Hall–Kier alpha value is -0.550. The zero-order valence-corrected chi connectivity index (χ0v) is 8.13. The van der Waals surface area contributed by atoms with Gasteiger partial charge in [0.05, 0.1) is 18.6 Å². The Morgan fingerprint density at radius 1 is 1.42 bits per heavy atom. The van der Waals surface area contributed by atoms with Crippen molar-refractivity contribution in [1.29, 1.82) is 5.26 Å². The van der Waals surface area contributed by atoms with E-state index in [9.17, 15) is 0 Å². The highest BCUT2D eigenvalue weighted by atomic mass is 16.5. The molecule has 0 aromatic heterocycles. The Balaban J connectivity index is 2.67. The maximum absolute atomic E-state index is 8.89. The van der Waals surface area contributed by atoms with Crippen LogP contribution in [0.2, 0.25) is 0 Å². The molecule has 0 bridgehead atoms. The van der Waals surface area contributed by atoms with Crippen molar-refractivity contribution < 1.29 is 4.74 Å². The summed E-state index contributed by atoms with van der Waals surface area (Å²) >= 11 is 0. The van der Waals surface area contributed by atoms with Gasteiger partial charge in [0.1, 0.15) is 0 Å². The molecule has 0 amide bonds. The lowest BCUT2D eigenvalue weighted by Gasteiger charge is -2.36. The van der Waals surface area contributed by atoms with Crippen LogP contribution < -0.4 is 0 Å². The number of ether oxygens (including phenoxy) is 1. The molecule has 1 saturated heterocycles. The highest BCUT2D eigenvalue weighted by Crippen LogP contribution is 2.36. The molecule has 0 aromatic carbocycles. The van der Waals surface area contributed by atoms with Crippen LogP contribution in [0.4, 0.5) is 0 Å². The quantitative estimate of drug-likeness (QED) is 0.554. The number of nitrogens with zero attached hydrogens (tertiary/aromatic N) is 1. The van der Waals surface area contributed by atoms with Gasteiger partial charge in [0.25, 0.3) is 0 Å². The van der Waals surface area contributed by atoms with Crippen molar-refractivity contribution in [1.82, 2.24) is 0 Å². The van der Waals surface area contributed by atoms with Crippen molar-refractivity contribution in [2.75, 3.05) is 13.2 Å². The average Bonchev–Trinajstić information content (AvgIpc) is 2.03. The second-order valence-electron chi connectivity index (χ2n) is 4.57. The van der Waals surface area contributed by atoms with E-state index in [-0.39, 0.29) is 11.3 Å². The lowest BCUT2D eigenvalue weighted by atomic mass is 9.71. The molecule has 0 radical (unpaired) electrons. The molecule has 2 unspecified atom stereocenters. The second kappa shape index (κ2) is 3.45. The summed E-state index contributed by atoms with van der Waals surface area (Å²) in [5.74, 6) is 0.593. The first-order valence-electron chi connectivity index (χ1n) is 4.53. The first-order chi connectivity index (χ1) is 5.55. The topological polar surface area (TPSA) is 33.0 Å². The monoisotopic (exact) mass is 167 g/mol. The number of hydrogen-bond acceptors (Lipinski definition) is 2. The molecular weight excluding hydrogens is 150 g/mol. The predicted molar refractivity (Wildman–Crippen MR) is 47.5 cm³/mol. The summed E-state index contributed by atoms with van der Waals surface area (Å²) in [4.78, 5) is 0. The van der Waals surface area contributed by atoms with Crippen LogP contribution in [0.15, 0.2) is 0 Å². The van der Waals surface area contributed by atoms with Gasteiger partial charge in [0.2, 0.25) is 0 Å². The van der Waals surface area contributed by atoms with Crippen molar-refractivity contribution in [2.24, 2.45) is 17.3 Å². The lowest BCUT2D eigenvalue weighted by molar-refractivity contribution is -0.00132. The van der Waals surface area contributed by atoms with E-state index in [1.807, 2.05) is 0 Å². The molecule has 12 heavy (non-hydrogen) atoms. The van der Waals surface area contributed by atoms with Gasteiger partial charge in [-0.1, -0.05) is 20.8 Å².